The molecular formula is C20H24O. The van der Waals surface area contributed by atoms with Crippen LogP contribution >= 0.6 is 0 Å². The van der Waals surface area contributed by atoms with Gasteiger partial charge in [-0.1, -0.05) is 12.6 Å². The first kappa shape index (κ1) is 15.4. The highest BCUT2D eigenvalue weighted by atomic mass is 16.3. The summed E-state index contributed by atoms with van der Waals surface area (Å²) in [6.07, 6.45) is 2.21. The zero-order chi connectivity index (χ0) is 15.9. The van der Waals surface area contributed by atoms with Gasteiger partial charge in [-0.3, -0.25) is 0 Å². The van der Waals surface area contributed by atoms with Crippen LogP contribution in [0.15, 0.2) is 12.1 Å². The lowest BCUT2D eigenvalue weighted by Gasteiger charge is -2.11. The third kappa shape index (κ3) is 2.61. The summed E-state index contributed by atoms with van der Waals surface area (Å²) in [4.78, 5) is 0. The van der Waals surface area contributed by atoms with Crippen LogP contribution in [-0.4, -0.2) is 5.11 Å². The summed E-state index contributed by atoms with van der Waals surface area (Å²) < 4.78 is 0. The van der Waals surface area contributed by atoms with E-state index < -0.39 is 0 Å². The van der Waals surface area contributed by atoms with Crippen molar-refractivity contribution in [2.24, 2.45) is 0 Å². The number of phenolic OH excluding ortho intramolecular Hbond substituents is 1. The molecule has 0 aliphatic carbocycles. The SMILES string of the molecule is C=c1c(C)cc(=Cc2cc(C)c(O)c(C)c2C)c(C)c1C. The van der Waals surface area contributed by atoms with Gasteiger partial charge in [0.05, 0.1) is 0 Å². The molecule has 1 heteroatoms. The van der Waals surface area contributed by atoms with Crippen LogP contribution in [0, 0.1) is 41.5 Å². The smallest absolute Gasteiger partial charge is 0.121 e. The van der Waals surface area contributed by atoms with Crippen molar-refractivity contribution in [2.75, 3.05) is 0 Å². The molecule has 0 spiro atoms. The van der Waals surface area contributed by atoms with Gasteiger partial charge in [0.25, 0.3) is 0 Å². The molecule has 0 amide bonds. The van der Waals surface area contributed by atoms with Gasteiger partial charge in [-0.15, -0.1) is 0 Å². The zero-order valence-electron chi connectivity index (χ0n) is 13.9. The Bertz CT molecular complexity index is 826. The second kappa shape index (κ2) is 5.40. The minimum absolute atomic E-state index is 0.404. The quantitative estimate of drug-likeness (QED) is 0.848. The van der Waals surface area contributed by atoms with Crippen LogP contribution < -0.4 is 10.4 Å². The molecule has 1 N–H and O–H groups in total. The number of hydrogen-bond donors (Lipinski definition) is 1. The topological polar surface area (TPSA) is 20.2 Å². The van der Waals surface area contributed by atoms with Crippen molar-refractivity contribution in [3.05, 3.63) is 61.5 Å². The number of phenols is 1. The Kier molecular flexibility index (Phi) is 3.95. The van der Waals surface area contributed by atoms with E-state index in [0.29, 0.717) is 5.75 Å². The molecule has 2 aromatic carbocycles. The minimum atomic E-state index is 0.404. The minimum Gasteiger partial charge on any atom is -0.507 e. The molecule has 2 rings (SSSR count). The molecule has 21 heavy (non-hydrogen) atoms. The van der Waals surface area contributed by atoms with E-state index in [-0.39, 0.29) is 0 Å². The predicted molar refractivity (Wildman–Crippen MR) is 91.3 cm³/mol. The van der Waals surface area contributed by atoms with Gasteiger partial charge in [-0.25, -0.2) is 0 Å². The molecule has 0 atom stereocenters. The molecule has 0 aromatic heterocycles. The standard InChI is InChI=1S/C20H24O/c1-11-8-18(15(5)14(4)13(11)3)10-19-9-12(2)20(21)17(7)16(19)6/h8-10,21H,3H2,1-2,4-7H3. The summed E-state index contributed by atoms with van der Waals surface area (Å²) in [6, 6.07) is 4.25. The van der Waals surface area contributed by atoms with Crippen LogP contribution in [-0.2, 0) is 0 Å². The van der Waals surface area contributed by atoms with Gasteiger partial charge < -0.3 is 5.11 Å². The molecule has 1 nitrogen and oxygen atoms in total. The van der Waals surface area contributed by atoms with E-state index in [1.165, 1.54) is 27.5 Å². The molecule has 0 heterocycles. The summed E-state index contributed by atoms with van der Waals surface area (Å²) in [5.74, 6) is 0.404. The number of aryl methyl sites for hydroxylation is 2. The lowest BCUT2D eigenvalue weighted by atomic mass is 9.95. The van der Waals surface area contributed by atoms with Gasteiger partial charge in [-0.05, 0) is 103 Å². The van der Waals surface area contributed by atoms with Gasteiger partial charge in [0.15, 0.2) is 0 Å². The number of aromatic hydroxyl groups is 1. The average molecular weight is 280 g/mol. The van der Waals surface area contributed by atoms with Crippen molar-refractivity contribution in [1.82, 2.24) is 0 Å². The maximum atomic E-state index is 10.0. The summed E-state index contributed by atoms with van der Waals surface area (Å²) >= 11 is 0. The van der Waals surface area contributed by atoms with Gasteiger partial charge in [-0.2, -0.15) is 0 Å². The first-order valence-electron chi connectivity index (χ1n) is 7.31. The van der Waals surface area contributed by atoms with Gasteiger partial charge in [0, 0.05) is 0 Å². The van der Waals surface area contributed by atoms with E-state index in [4.69, 9.17) is 0 Å². The van der Waals surface area contributed by atoms with Crippen LogP contribution in [0.5, 0.6) is 5.75 Å². The van der Waals surface area contributed by atoms with Crippen molar-refractivity contribution in [1.29, 1.82) is 0 Å². The molecule has 0 fully saturated rings. The van der Waals surface area contributed by atoms with E-state index in [0.717, 1.165) is 21.9 Å². The molecule has 2 aromatic rings. The third-order valence-corrected chi connectivity index (χ3v) is 4.70. The van der Waals surface area contributed by atoms with Crippen LogP contribution in [0.1, 0.15) is 38.9 Å². The zero-order valence-corrected chi connectivity index (χ0v) is 13.9. The van der Waals surface area contributed by atoms with E-state index in [9.17, 15) is 5.11 Å². The lowest BCUT2D eigenvalue weighted by molar-refractivity contribution is 0.466. The molecule has 0 bridgehead atoms. The second-order valence-corrected chi connectivity index (χ2v) is 6.04. The number of hydrogen-bond acceptors (Lipinski definition) is 1. The lowest BCUT2D eigenvalue weighted by Crippen LogP contribution is -2.19. The molecule has 0 aliphatic heterocycles. The first-order chi connectivity index (χ1) is 9.73. The fourth-order valence-electron chi connectivity index (χ4n) is 2.73. The number of rotatable bonds is 1. The average Bonchev–Trinajstić information content (AvgIpc) is 2.45. The van der Waals surface area contributed by atoms with Gasteiger partial charge >= 0.3 is 0 Å². The van der Waals surface area contributed by atoms with Gasteiger partial charge in [0.2, 0.25) is 0 Å². The van der Waals surface area contributed by atoms with Crippen LogP contribution in [0.3, 0.4) is 0 Å². The van der Waals surface area contributed by atoms with Crippen molar-refractivity contribution in [2.45, 2.75) is 41.5 Å². The highest BCUT2D eigenvalue weighted by molar-refractivity contribution is 5.61. The molecule has 110 valence electrons. The molecule has 0 aliphatic rings. The Morgan fingerprint density at radius 3 is 2.05 bits per heavy atom. The van der Waals surface area contributed by atoms with Crippen molar-refractivity contribution >= 4 is 12.7 Å². The Morgan fingerprint density at radius 1 is 0.810 bits per heavy atom. The predicted octanol–water partition coefficient (Wildman–Crippen LogP) is 3.48. The summed E-state index contributed by atoms with van der Waals surface area (Å²) in [7, 11) is 0. The van der Waals surface area contributed by atoms with E-state index in [1.54, 1.807) is 0 Å². The molecule has 0 radical (unpaired) electrons. The number of benzene rings is 2. The fourth-order valence-corrected chi connectivity index (χ4v) is 2.73. The molecule has 0 saturated heterocycles. The largest absolute Gasteiger partial charge is 0.507 e. The Labute approximate surface area is 127 Å². The van der Waals surface area contributed by atoms with E-state index in [2.05, 4.69) is 52.5 Å². The van der Waals surface area contributed by atoms with Crippen molar-refractivity contribution < 1.29 is 5.11 Å². The highest BCUT2D eigenvalue weighted by Crippen LogP contribution is 2.27. The van der Waals surface area contributed by atoms with Crippen molar-refractivity contribution in [3.8, 4) is 5.75 Å². The third-order valence-electron chi connectivity index (χ3n) is 4.70. The van der Waals surface area contributed by atoms with Crippen LogP contribution in [0.4, 0.5) is 0 Å². The summed E-state index contributed by atoms with van der Waals surface area (Å²) in [5, 5.41) is 12.4. The summed E-state index contributed by atoms with van der Waals surface area (Å²) in [5.41, 5.74) is 7.92. The Balaban J connectivity index is 2.80. The second-order valence-electron chi connectivity index (χ2n) is 6.04. The van der Waals surface area contributed by atoms with Crippen LogP contribution in [0.25, 0.3) is 12.7 Å². The first-order valence-corrected chi connectivity index (χ1v) is 7.31. The monoisotopic (exact) mass is 280 g/mol. The molecule has 0 saturated carbocycles. The van der Waals surface area contributed by atoms with E-state index in [1.807, 2.05) is 13.8 Å². The van der Waals surface area contributed by atoms with Crippen LogP contribution in [0.2, 0.25) is 0 Å². The fraction of sp³-hybridized carbons (Fsp3) is 0.300. The van der Waals surface area contributed by atoms with Gasteiger partial charge in [0.1, 0.15) is 5.75 Å². The maximum Gasteiger partial charge on any atom is 0.121 e. The highest BCUT2D eigenvalue weighted by Gasteiger charge is 2.08. The normalized spacial score (nSPS) is 12.0. The molecule has 0 unspecified atom stereocenters. The maximum absolute atomic E-state index is 10.0. The Hall–Kier alpha value is -2.02. The Morgan fingerprint density at radius 2 is 1.43 bits per heavy atom. The van der Waals surface area contributed by atoms with Crippen molar-refractivity contribution in [3.63, 3.8) is 0 Å². The summed E-state index contributed by atoms with van der Waals surface area (Å²) in [6.45, 7) is 16.5. The van der Waals surface area contributed by atoms with E-state index >= 15 is 0 Å². The molecular weight excluding hydrogens is 256 g/mol.